The Kier molecular flexibility index (Phi) is 7.91. The van der Waals surface area contributed by atoms with Crippen LogP contribution < -0.4 is 5.32 Å². The second-order valence-electron chi connectivity index (χ2n) is 8.53. The Morgan fingerprint density at radius 1 is 1.11 bits per heavy atom. The highest BCUT2D eigenvalue weighted by atomic mass is 32.2. The molecule has 158 valence electrons. The fourth-order valence-electron chi connectivity index (χ4n) is 3.60. The summed E-state index contributed by atoms with van der Waals surface area (Å²) in [5.74, 6) is 0. The number of carbonyl (C=O) groups excluding carboxylic acids is 1. The number of likely N-dealkylation sites (tertiary alicyclic amines) is 2. The van der Waals surface area contributed by atoms with Crippen LogP contribution in [0.3, 0.4) is 0 Å². The second-order valence-corrected chi connectivity index (χ2v) is 10.1. The van der Waals surface area contributed by atoms with Crippen LogP contribution in [0.4, 0.5) is 4.79 Å². The molecule has 0 aromatic heterocycles. The van der Waals surface area contributed by atoms with Crippen molar-refractivity contribution in [2.75, 3.05) is 45.5 Å². The van der Waals surface area contributed by atoms with Gasteiger partial charge in [-0.15, -0.1) is 0 Å². The van der Waals surface area contributed by atoms with Crippen molar-refractivity contribution in [2.45, 2.75) is 64.2 Å². The third kappa shape index (κ3) is 8.33. The molecule has 0 aromatic carbocycles. The molecule has 3 rings (SSSR count). The van der Waals surface area contributed by atoms with Crippen LogP contribution in [0.15, 0.2) is 0 Å². The first-order valence-corrected chi connectivity index (χ1v) is 11.7. The van der Waals surface area contributed by atoms with Crippen LogP contribution in [0.25, 0.3) is 0 Å². The topological polar surface area (TPSA) is 88.2 Å². The average Bonchev–Trinajstić information content (AvgIpc) is 3.27. The molecule has 3 aliphatic rings. The van der Waals surface area contributed by atoms with Gasteiger partial charge < -0.3 is 15.0 Å². The molecule has 3 saturated heterocycles. The summed E-state index contributed by atoms with van der Waals surface area (Å²) < 4.78 is 31.9. The summed E-state index contributed by atoms with van der Waals surface area (Å²) in [4.78, 5) is 15.8. The lowest BCUT2D eigenvalue weighted by Gasteiger charge is -2.24. The number of nitrogens with one attached hydrogen (secondary N) is 1. The Morgan fingerprint density at radius 2 is 1.78 bits per heavy atom. The molecule has 0 bridgehead atoms. The van der Waals surface area contributed by atoms with E-state index in [0.717, 1.165) is 12.3 Å². The van der Waals surface area contributed by atoms with E-state index >= 15 is 0 Å². The lowest BCUT2D eigenvalue weighted by atomic mass is 10.2. The number of rotatable bonds is 3. The molecular formula is C18H35N3O5S. The van der Waals surface area contributed by atoms with E-state index in [-0.39, 0.29) is 6.54 Å². The van der Waals surface area contributed by atoms with Gasteiger partial charge in [-0.1, -0.05) is 0 Å². The van der Waals surface area contributed by atoms with Gasteiger partial charge in [0.05, 0.1) is 18.9 Å². The molecule has 3 heterocycles. The van der Waals surface area contributed by atoms with Crippen molar-refractivity contribution < 1.29 is 22.1 Å². The normalized spacial score (nSPS) is 26.7. The Labute approximate surface area is 163 Å². The minimum Gasteiger partial charge on any atom is -0.444 e. The van der Waals surface area contributed by atoms with Gasteiger partial charge in [0.15, 0.2) is 0 Å². The Bertz CT molecular complexity index is 564. The lowest BCUT2D eigenvalue weighted by molar-refractivity contribution is 0.0276. The highest BCUT2D eigenvalue weighted by Crippen LogP contribution is 2.18. The van der Waals surface area contributed by atoms with Crippen LogP contribution >= 0.6 is 0 Å². The zero-order valence-electron chi connectivity index (χ0n) is 17.1. The highest BCUT2D eigenvalue weighted by Gasteiger charge is 2.32. The minimum atomic E-state index is -3.47. The van der Waals surface area contributed by atoms with E-state index in [1.54, 1.807) is 20.8 Å². The minimum absolute atomic E-state index is 0.252. The first kappa shape index (κ1) is 22.4. The second kappa shape index (κ2) is 9.54. The molecular weight excluding hydrogens is 370 g/mol. The largest absolute Gasteiger partial charge is 0.444 e. The molecule has 3 aliphatic heterocycles. The van der Waals surface area contributed by atoms with Crippen molar-refractivity contribution >= 4 is 16.2 Å². The van der Waals surface area contributed by atoms with Crippen molar-refractivity contribution in [3.63, 3.8) is 0 Å². The van der Waals surface area contributed by atoms with Crippen LogP contribution in [0, 0.1) is 0 Å². The summed E-state index contributed by atoms with van der Waals surface area (Å²) in [6, 6.07) is 0.877. The predicted octanol–water partition coefficient (Wildman–Crippen LogP) is 1.42. The third-order valence-corrected chi connectivity index (χ3v) is 5.42. The summed E-state index contributed by atoms with van der Waals surface area (Å²) in [5.41, 5.74) is -0.549. The average molecular weight is 406 g/mol. The summed E-state index contributed by atoms with van der Waals surface area (Å²) in [6.07, 6.45) is 4.84. The summed E-state index contributed by atoms with van der Waals surface area (Å²) >= 11 is 0. The number of carbonyl (C=O) groups is 1. The van der Waals surface area contributed by atoms with Gasteiger partial charge in [0.1, 0.15) is 5.60 Å². The molecule has 1 N–H and O–H groups in total. The smallest absolute Gasteiger partial charge is 0.410 e. The molecule has 2 atom stereocenters. The quantitative estimate of drug-likeness (QED) is 0.710. The van der Waals surface area contributed by atoms with Gasteiger partial charge in [0.2, 0.25) is 0 Å². The SMILES string of the molecule is C1CCN([C@H]2CCNC2)C1.CC(C)(C)OC(=O)N1CC[C@@H](OS(C)(=O)=O)C1. The molecule has 0 unspecified atom stereocenters. The highest BCUT2D eigenvalue weighted by molar-refractivity contribution is 7.86. The van der Waals surface area contributed by atoms with Gasteiger partial charge in [0.25, 0.3) is 10.1 Å². The molecule has 1 amide bonds. The Balaban J connectivity index is 0.000000219. The van der Waals surface area contributed by atoms with E-state index in [2.05, 4.69) is 10.2 Å². The first-order valence-electron chi connectivity index (χ1n) is 9.84. The summed E-state index contributed by atoms with van der Waals surface area (Å²) in [5, 5.41) is 3.41. The van der Waals surface area contributed by atoms with Gasteiger partial charge in [-0.25, -0.2) is 4.79 Å². The predicted molar refractivity (Wildman–Crippen MR) is 104 cm³/mol. The van der Waals surface area contributed by atoms with E-state index in [9.17, 15) is 13.2 Å². The number of hydrogen-bond donors (Lipinski definition) is 1. The van der Waals surface area contributed by atoms with E-state index in [4.69, 9.17) is 8.92 Å². The maximum Gasteiger partial charge on any atom is 0.410 e. The Hall–Kier alpha value is -0.900. The van der Waals surface area contributed by atoms with E-state index in [1.165, 1.54) is 50.3 Å². The molecule has 0 radical (unpaired) electrons. The van der Waals surface area contributed by atoms with Gasteiger partial charge in [-0.3, -0.25) is 9.08 Å². The molecule has 27 heavy (non-hydrogen) atoms. The maximum absolute atomic E-state index is 11.7. The number of ether oxygens (including phenoxy) is 1. The maximum atomic E-state index is 11.7. The summed E-state index contributed by atoms with van der Waals surface area (Å²) in [6.45, 7) is 11.2. The molecule has 8 nitrogen and oxygen atoms in total. The van der Waals surface area contributed by atoms with Crippen molar-refractivity contribution in [1.82, 2.24) is 15.1 Å². The van der Waals surface area contributed by atoms with Crippen LogP contribution in [0.1, 0.15) is 46.5 Å². The zero-order chi connectivity index (χ0) is 20.1. The molecule has 0 spiro atoms. The van der Waals surface area contributed by atoms with Crippen LogP contribution in [-0.2, 0) is 19.0 Å². The number of nitrogens with zero attached hydrogens (tertiary/aromatic N) is 2. The van der Waals surface area contributed by atoms with Gasteiger partial charge in [-0.2, -0.15) is 8.42 Å². The van der Waals surface area contributed by atoms with Crippen molar-refractivity contribution in [2.24, 2.45) is 0 Å². The lowest BCUT2D eigenvalue weighted by Crippen LogP contribution is -2.36. The van der Waals surface area contributed by atoms with Gasteiger partial charge in [-0.05, 0) is 66.1 Å². The van der Waals surface area contributed by atoms with Gasteiger partial charge in [0, 0.05) is 19.1 Å². The number of hydrogen-bond acceptors (Lipinski definition) is 7. The van der Waals surface area contributed by atoms with Crippen molar-refractivity contribution in [3.8, 4) is 0 Å². The first-order chi connectivity index (χ1) is 12.5. The van der Waals surface area contributed by atoms with Crippen molar-refractivity contribution in [3.05, 3.63) is 0 Å². The Morgan fingerprint density at radius 3 is 2.30 bits per heavy atom. The standard InChI is InChI=1S/C10H19NO5S.C8H16N2/c1-10(2,3)15-9(12)11-6-5-8(7-11)16-17(4,13)14;1-2-6-10(5-1)8-3-4-9-7-8/h8H,5-7H2,1-4H3;8-9H,1-7H2/t2*8-/m10/s1. The van der Waals surface area contributed by atoms with Crippen LogP contribution in [0.5, 0.6) is 0 Å². The molecule has 0 aliphatic carbocycles. The molecule has 9 heteroatoms. The monoisotopic (exact) mass is 405 g/mol. The zero-order valence-corrected chi connectivity index (χ0v) is 17.9. The third-order valence-electron chi connectivity index (χ3n) is 4.80. The van der Waals surface area contributed by atoms with E-state index < -0.39 is 27.9 Å². The van der Waals surface area contributed by atoms with Crippen LogP contribution in [0.2, 0.25) is 0 Å². The molecule has 0 aromatic rings. The molecule has 3 fully saturated rings. The number of amides is 1. The van der Waals surface area contributed by atoms with Gasteiger partial charge >= 0.3 is 6.09 Å². The van der Waals surface area contributed by atoms with Crippen molar-refractivity contribution in [1.29, 1.82) is 0 Å². The van der Waals surface area contributed by atoms with Crippen LogP contribution in [-0.4, -0.2) is 87.6 Å². The fraction of sp³-hybridized carbons (Fsp3) is 0.944. The molecule has 0 saturated carbocycles. The summed E-state index contributed by atoms with van der Waals surface area (Å²) in [7, 11) is -3.47. The van der Waals surface area contributed by atoms with E-state index in [0.29, 0.717) is 13.0 Å². The van der Waals surface area contributed by atoms with E-state index in [1.807, 2.05) is 0 Å². The fourth-order valence-corrected chi connectivity index (χ4v) is 4.26.